The van der Waals surface area contributed by atoms with Gasteiger partial charge in [-0.15, -0.1) is 0 Å². The van der Waals surface area contributed by atoms with Gasteiger partial charge in [-0.05, 0) is 72.6 Å². The van der Waals surface area contributed by atoms with Crippen LogP contribution in [-0.4, -0.2) is 14.6 Å². The molecule has 0 N–H and O–H groups in total. The van der Waals surface area contributed by atoms with E-state index < -0.39 is 10.1 Å². The summed E-state index contributed by atoms with van der Waals surface area (Å²) in [4.78, 5) is 4.38. The lowest BCUT2D eigenvalue weighted by Crippen LogP contribution is -2.10. The largest absolute Gasteiger partial charge is 0.377 e. The van der Waals surface area contributed by atoms with E-state index in [2.05, 4.69) is 4.99 Å². The van der Waals surface area contributed by atoms with Crippen molar-refractivity contribution in [2.75, 3.05) is 0 Å². The van der Waals surface area contributed by atoms with Crippen molar-refractivity contribution < 1.29 is 12.6 Å². The Morgan fingerprint density at radius 1 is 0.929 bits per heavy atom. The summed E-state index contributed by atoms with van der Waals surface area (Å²) in [5, 5.41) is 1.20. The molecule has 3 aromatic rings. The molecule has 3 rings (SSSR count). The SMILES string of the molecule is Cc1c(Cl)cccc1N=Cc1ccc(OS(=O)(=O)c2ccc(Cl)cc2)c(Cl)c1. The maximum atomic E-state index is 12.4. The molecule has 0 bridgehead atoms. The lowest BCUT2D eigenvalue weighted by Gasteiger charge is -2.09. The van der Waals surface area contributed by atoms with Gasteiger partial charge in [-0.1, -0.05) is 40.9 Å². The van der Waals surface area contributed by atoms with Gasteiger partial charge in [-0.3, -0.25) is 4.99 Å². The van der Waals surface area contributed by atoms with Crippen LogP contribution in [0, 0.1) is 6.92 Å². The molecular formula is C20H14Cl3NO3S. The predicted molar refractivity (Wildman–Crippen MR) is 114 cm³/mol. The standard InChI is InChI=1S/C20H14Cl3NO3S/c1-13-17(22)3-2-4-19(13)24-12-14-5-10-20(18(23)11-14)27-28(25,26)16-8-6-15(21)7-9-16/h2-12H,1H3. The predicted octanol–water partition coefficient (Wildman–Crippen LogP) is 6.47. The number of aliphatic imine (C=N–C) groups is 1. The zero-order valence-electron chi connectivity index (χ0n) is 14.6. The highest BCUT2D eigenvalue weighted by molar-refractivity contribution is 7.87. The minimum Gasteiger partial charge on any atom is -0.377 e. The molecule has 0 fully saturated rings. The molecule has 4 nitrogen and oxygen atoms in total. The molecule has 0 spiro atoms. The van der Waals surface area contributed by atoms with E-state index >= 15 is 0 Å². The highest BCUT2D eigenvalue weighted by atomic mass is 35.5. The van der Waals surface area contributed by atoms with Gasteiger partial charge < -0.3 is 4.18 Å². The number of rotatable bonds is 5. The average Bonchev–Trinajstić information content (AvgIpc) is 2.65. The van der Waals surface area contributed by atoms with Crippen molar-refractivity contribution in [2.45, 2.75) is 11.8 Å². The maximum Gasteiger partial charge on any atom is 0.339 e. The first-order valence-corrected chi connectivity index (χ1v) is 10.6. The number of hydrogen-bond acceptors (Lipinski definition) is 4. The molecule has 28 heavy (non-hydrogen) atoms. The minimum absolute atomic E-state index is 0.0185. The second-order valence-electron chi connectivity index (χ2n) is 5.82. The molecule has 0 heterocycles. The zero-order chi connectivity index (χ0) is 20.3. The average molecular weight is 455 g/mol. The molecule has 0 unspecified atom stereocenters. The van der Waals surface area contributed by atoms with Crippen LogP contribution in [0.5, 0.6) is 5.75 Å². The van der Waals surface area contributed by atoms with Crippen LogP contribution >= 0.6 is 34.8 Å². The molecule has 3 aromatic carbocycles. The van der Waals surface area contributed by atoms with Crippen LogP contribution in [-0.2, 0) is 10.1 Å². The highest BCUT2D eigenvalue weighted by Gasteiger charge is 2.18. The Hall–Kier alpha value is -2.05. The molecule has 0 aromatic heterocycles. The van der Waals surface area contributed by atoms with Crippen molar-refractivity contribution in [1.82, 2.24) is 0 Å². The van der Waals surface area contributed by atoms with E-state index in [0.717, 1.165) is 11.3 Å². The summed E-state index contributed by atoms with van der Waals surface area (Å²) in [6.45, 7) is 1.88. The van der Waals surface area contributed by atoms with Crippen LogP contribution in [0.1, 0.15) is 11.1 Å². The van der Waals surface area contributed by atoms with Crippen LogP contribution in [0.25, 0.3) is 0 Å². The summed E-state index contributed by atoms with van der Waals surface area (Å²) in [5.74, 6) is 0.0210. The maximum absolute atomic E-state index is 12.4. The van der Waals surface area contributed by atoms with Gasteiger partial charge in [-0.2, -0.15) is 8.42 Å². The Morgan fingerprint density at radius 3 is 2.32 bits per heavy atom. The third-order valence-electron chi connectivity index (χ3n) is 3.85. The lowest BCUT2D eigenvalue weighted by atomic mass is 10.2. The fraction of sp³-hybridized carbons (Fsp3) is 0.0500. The molecule has 0 radical (unpaired) electrons. The highest BCUT2D eigenvalue weighted by Crippen LogP contribution is 2.29. The Labute approximate surface area is 178 Å². The monoisotopic (exact) mass is 453 g/mol. The second kappa shape index (κ2) is 8.53. The molecule has 0 aliphatic heterocycles. The first-order chi connectivity index (χ1) is 13.3. The van der Waals surface area contributed by atoms with Crippen LogP contribution in [0.4, 0.5) is 5.69 Å². The summed E-state index contributed by atoms with van der Waals surface area (Å²) in [5.41, 5.74) is 2.27. The molecule has 0 aliphatic carbocycles. The normalized spacial score (nSPS) is 11.7. The van der Waals surface area contributed by atoms with Crippen LogP contribution in [0.15, 0.2) is 70.6 Å². The van der Waals surface area contributed by atoms with E-state index in [1.165, 1.54) is 30.3 Å². The Balaban J connectivity index is 1.81. The molecule has 8 heteroatoms. The van der Waals surface area contributed by atoms with Gasteiger partial charge in [-0.25, -0.2) is 0 Å². The van der Waals surface area contributed by atoms with E-state index in [0.29, 0.717) is 15.6 Å². The van der Waals surface area contributed by atoms with E-state index in [1.807, 2.05) is 19.1 Å². The second-order valence-corrected chi connectivity index (χ2v) is 8.62. The molecule has 0 saturated carbocycles. The van der Waals surface area contributed by atoms with Crippen LogP contribution < -0.4 is 4.18 Å². The quantitative estimate of drug-likeness (QED) is 0.328. The minimum atomic E-state index is -4.02. The lowest BCUT2D eigenvalue weighted by molar-refractivity contribution is 0.486. The van der Waals surface area contributed by atoms with Gasteiger partial charge in [0.15, 0.2) is 5.75 Å². The molecule has 144 valence electrons. The summed E-state index contributed by atoms with van der Waals surface area (Å²) >= 11 is 18.1. The Morgan fingerprint density at radius 2 is 1.64 bits per heavy atom. The summed E-state index contributed by atoms with van der Waals surface area (Å²) in [6, 6.07) is 15.8. The fourth-order valence-electron chi connectivity index (χ4n) is 2.31. The van der Waals surface area contributed by atoms with Gasteiger partial charge in [0.2, 0.25) is 0 Å². The number of benzene rings is 3. The molecule has 0 atom stereocenters. The Kier molecular flexibility index (Phi) is 6.30. The van der Waals surface area contributed by atoms with Crippen molar-refractivity contribution in [3.8, 4) is 5.75 Å². The zero-order valence-corrected chi connectivity index (χ0v) is 17.6. The summed E-state index contributed by atoms with van der Waals surface area (Å²) in [7, 11) is -4.02. The van der Waals surface area contributed by atoms with Gasteiger partial charge in [0.1, 0.15) is 4.90 Å². The van der Waals surface area contributed by atoms with E-state index in [1.54, 1.807) is 24.4 Å². The molecule has 0 aliphatic rings. The van der Waals surface area contributed by atoms with Crippen molar-refractivity contribution in [1.29, 1.82) is 0 Å². The van der Waals surface area contributed by atoms with Gasteiger partial charge in [0.05, 0.1) is 10.7 Å². The third kappa shape index (κ3) is 4.86. The molecular weight excluding hydrogens is 441 g/mol. The fourth-order valence-corrected chi connectivity index (χ4v) is 3.83. The topological polar surface area (TPSA) is 55.7 Å². The van der Waals surface area contributed by atoms with Crippen molar-refractivity contribution in [3.63, 3.8) is 0 Å². The van der Waals surface area contributed by atoms with E-state index in [4.69, 9.17) is 39.0 Å². The van der Waals surface area contributed by atoms with Crippen molar-refractivity contribution >= 4 is 56.8 Å². The smallest absolute Gasteiger partial charge is 0.339 e. The third-order valence-corrected chi connectivity index (χ3v) is 6.05. The van der Waals surface area contributed by atoms with Crippen molar-refractivity contribution in [3.05, 3.63) is 86.9 Å². The van der Waals surface area contributed by atoms with E-state index in [9.17, 15) is 8.42 Å². The van der Waals surface area contributed by atoms with Gasteiger partial charge in [0, 0.05) is 16.3 Å². The first kappa shape index (κ1) is 20.7. The summed E-state index contributed by atoms with van der Waals surface area (Å²) in [6.07, 6.45) is 1.61. The molecule has 0 amide bonds. The number of halogens is 3. The number of nitrogens with zero attached hydrogens (tertiary/aromatic N) is 1. The number of hydrogen-bond donors (Lipinski definition) is 0. The molecule has 0 saturated heterocycles. The van der Waals surface area contributed by atoms with Crippen molar-refractivity contribution in [2.24, 2.45) is 4.99 Å². The first-order valence-electron chi connectivity index (χ1n) is 8.05. The Bertz CT molecular complexity index is 1140. The van der Waals surface area contributed by atoms with Crippen LogP contribution in [0.3, 0.4) is 0 Å². The van der Waals surface area contributed by atoms with E-state index in [-0.39, 0.29) is 15.7 Å². The van der Waals surface area contributed by atoms with Crippen LogP contribution in [0.2, 0.25) is 15.1 Å². The summed E-state index contributed by atoms with van der Waals surface area (Å²) < 4.78 is 29.9. The van der Waals surface area contributed by atoms with Gasteiger partial charge in [0.25, 0.3) is 0 Å². The van der Waals surface area contributed by atoms with Gasteiger partial charge >= 0.3 is 10.1 Å².